The number of halogens is 3. The molecule has 0 saturated heterocycles. The lowest BCUT2D eigenvalue weighted by atomic mass is 9.74. The quantitative estimate of drug-likeness (QED) is 0.257. The smallest absolute Gasteiger partial charge is 0.307 e. The molecule has 174 valence electrons. The van der Waals surface area contributed by atoms with Crippen molar-refractivity contribution in [1.82, 2.24) is 16.1 Å². The molecule has 1 aliphatic rings. The Hall–Kier alpha value is -2.42. The first-order chi connectivity index (χ1) is 15.3. The number of benzene rings is 2. The highest BCUT2D eigenvalue weighted by atomic mass is 19.4. The zero-order valence-electron chi connectivity index (χ0n) is 18.2. The van der Waals surface area contributed by atoms with Gasteiger partial charge in [-0.05, 0) is 41.6 Å². The van der Waals surface area contributed by atoms with Crippen molar-refractivity contribution in [1.29, 1.82) is 0 Å². The van der Waals surface area contributed by atoms with Crippen molar-refractivity contribution in [3.05, 3.63) is 59.7 Å². The third-order valence-electron chi connectivity index (χ3n) is 5.77. The van der Waals surface area contributed by atoms with Crippen molar-refractivity contribution in [2.75, 3.05) is 26.4 Å². The van der Waals surface area contributed by atoms with Gasteiger partial charge in [0.05, 0.1) is 6.54 Å². The third-order valence-corrected chi connectivity index (χ3v) is 5.77. The Kier molecular flexibility index (Phi) is 8.28. The molecule has 3 rings (SSSR count). The molecular weight excluding hydrogens is 419 g/mol. The average Bonchev–Trinajstić information content (AvgIpc) is 3.02. The zero-order valence-corrected chi connectivity index (χ0v) is 18.2. The maximum absolute atomic E-state index is 12.9. The molecule has 8 heteroatoms. The molecule has 0 heterocycles. The van der Waals surface area contributed by atoms with Crippen LogP contribution in [0.4, 0.5) is 13.2 Å². The number of hydrogen-bond acceptors (Lipinski definition) is 4. The molecule has 32 heavy (non-hydrogen) atoms. The number of alkyl halides is 3. The van der Waals surface area contributed by atoms with Crippen molar-refractivity contribution in [3.63, 3.8) is 0 Å². The van der Waals surface area contributed by atoms with Gasteiger partial charge in [-0.3, -0.25) is 14.9 Å². The van der Waals surface area contributed by atoms with Crippen LogP contribution in [0.15, 0.2) is 48.5 Å². The van der Waals surface area contributed by atoms with Crippen LogP contribution in [0, 0.1) is 0 Å². The highest BCUT2D eigenvalue weighted by molar-refractivity contribution is 5.81. The van der Waals surface area contributed by atoms with Gasteiger partial charge in [-0.2, -0.15) is 13.2 Å². The molecular formula is C24H30F3N3O2. The lowest BCUT2D eigenvalue weighted by molar-refractivity contribution is -0.131. The van der Waals surface area contributed by atoms with E-state index in [1.807, 2.05) is 36.4 Å². The van der Waals surface area contributed by atoms with E-state index in [9.17, 15) is 18.0 Å². The van der Waals surface area contributed by atoms with Gasteiger partial charge in [-0.15, -0.1) is 0 Å². The second kappa shape index (κ2) is 10.9. The molecule has 0 spiro atoms. The van der Waals surface area contributed by atoms with E-state index in [1.165, 1.54) is 6.92 Å². The minimum absolute atomic E-state index is 0.228. The third kappa shape index (κ3) is 6.09. The summed E-state index contributed by atoms with van der Waals surface area (Å²) in [5, 5.41) is 5.77. The van der Waals surface area contributed by atoms with E-state index in [4.69, 9.17) is 4.84 Å². The normalized spacial score (nSPS) is 14.1. The summed E-state index contributed by atoms with van der Waals surface area (Å²) in [7, 11) is 0. The van der Waals surface area contributed by atoms with Crippen LogP contribution in [0.5, 0.6) is 0 Å². The van der Waals surface area contributed by atoms with E-state index in [2.05, 4.69) is 28.2 Å². The van der Waals surface area contributed by atoms with E-state index >= 15 is 0 Å². The second-order valence-electron chi connectivity index (χ2n) is 8.15. The number of hydrogen-bond donors (Lipinski definition) is 3. The van der Waals surface area contributed by atoms with E-state index in [0.717, 1.165) is 54.5 Å². The molecule has 2 aromatic carbocycles. The van der Waals surface area contributed by atoms with Crippen molar-refractivity contribution >= 4 is 5.91 Å². The van der Waals surface area contributed by atoms with Gasteiger partial charge in [0.15, 0.2) is 0 Å². The molecule has 5 nitrogen and oxygen atoms in total. The number of amides is 1. The number of rotatable bonds is 12. The summed E-state index contributed by atoms with van der Waals surface area (Å²) < 4.78 is 38.6. The first-order valence-electron chi connectivity index (χ1n) is 10.9. The van der Waals surface area contributed by atoms with Crippen LogP contribution in [0.2, 0.25) is 0 Å². The van der Waals surface area contributed by atoms with Crippen LogP contribution < -0.4 is 16.1 Å². The Morgan fingerprint density at radius 1 is 0.938 bits per heavy atom. The fourth-order valence-corrected chi connectivity index (χ4v) is 4.50. The Bertz CT molecular complexity index is 857. The first-order valence-corrected chi connectivity index (χ1v) is 10.9. The Morgan fingerprint density at radius 2 is 1.56 bits per heavy atom. The van der Waals surface area contributed by atoms with Crippen LogP contribution in [0.1, 0.15) is 43.7 Å². The molecule has 0 fully saturated rings. The molecule has 1 aliphatic carbocycles. The minimum Gasteiger partial charge on any atom is -0.307 e. The number of carbonyl (C=O) groups excluding carboxylic acids is 1. The standard InChI is InChI=1S/C24H30F3N3O2/c1-18(31)30-32-17-28-14-8-2-7-13-23(15-29-16-24(25,26)27)21-11-5-3-9-19(21)20-10-4-6-12-22(20)23/h3-6,9-12,28-29H,2,7-8,13-17H2,1H3,(H,30,31). The molecule has 3 N–H and O–H groups in total. The average molecular weight is 450 g/mol. The second-order valence-corrected chi connectivity index (χ2v) is 8.15. The van der Waals surface area contributed by atoms with E-state index in [1.54, 1.807) is 0 Å². The van der Waals surface area contributed by atoms with Crippen LogP contribution in [-0.2, 0) is 15.0 Å². The molecule has 0 unspecified atom stereocenters. The van der Waals surface area contributed by atoms with Gasteiger partial charge < -0.3 is 5.32 Å². The largest absolute Gasteiger partial charge is 0.401 e. The SMILES string of the molecule is CC(=O)NOCNCCCCCC1(CNCC(F)(F)F)c2ccccc2-c2ccccc21. The Balaban J connectivity index is 1.65. The first kappa shape index (κ1) is 24.2. The maximum Gasteiger partial charge on any atom is 0.401 e. The van der Waals surface area contributed by atoms with Crippen molar-refractivity contribution < 1.29 is 22.8 Å². The number of nitrogens with one attached hydrogen (secondary N) is 3. The highest BCUT2D eigenvalue weighted by Gasteiger charge is 2.42. The molecule has 1 amide bonds. The molecule has 0 aliphatic heterocycles. The van der Waals surface area contributed by atoms with Crippen LogP contribution in [-0.4, -0.2) is 38.4 Å². The predicted molar refractivity (Wildman–Crippen MR) is 118 cm³/mol. The molecule has 2 aromatic rings. The molecule has 0 aromatic heterocycles. The summed E-state index contributed by atoms with van der Waals surface area (Å²) in [5.41, 5.74) is 6.17. The zero-order chi connectivity index (χ0) is 23.0. The van der Waals surface area contributed by atoms with Crippen LogP contribution in [0.3, 0.4) is 0 Å². The maximum atomic E-state index is 12.9. The lowest BCUT2D eigenvalue weighted by Crippen LogP contribution is -2.41. The van der Waals surface area contributed by atoms with Gasteiger partial charge in [0, 0.05) is 18.9 Å². The summed E-state index contributed by atoms with van der Waals surface area (Å²) >= 11 is 0. The summed E-state index contributed by atoms with van der Waals surface area (Å²) in [6.07, 6.45) is -0.778. The van der Waals surface area contributed by atoms with Gasteiger partial charge in [-0.25, -0.2) is 5.48 Å². The van der Waals surface area contributed by atoms with Gasteiger partial charge in [0.1, 0.15) is 6.73 Å². The van der Waals surface area contributed by atoms with Crippen molar-refractivity contribution in [2.24, 2.45) is 0 Å². The predicted octanol–water partition coefficient (Wildman–Crippen LogP) is 4.28. The summed E-state index contributed by atoms with van der Waals surface area (Å²) in [4.78, 5) is 15.7. The summed E-state index contributed by atoms with van der Waals surface area (Å²) in [6.45, 7) is 1.57. The monoisotopic (exact) mass is 449 g/mol. The Morgan fingerprint density at radius 3 is 2.16 bits per heavy atom. The van der Waals surface area contributed by atoms with Gasteiger partial charge in [0.2, 0.25) is 5.91 Å². The topological polar surface area (TPSA) is 62.4 Å². The summed E-state index contributed by atoms with van der Waals surface area (Å²) in [5.74, 6) is -0.256. The molecule has 0 radical (unpaired) electrons. The summed E-state index contributed by atoms with van der Waals surface area (Å²) in [6, 6.07) is 16.1. The number of unbranched alkanes of at least 4 members (excludes halogenated alkanes) is 2. The fourth-order valence-electron chi connectivity index (χ4n) is 4.50. The molecule has 0 atom stereocenters. The number of fused-ring (bicyclic) bond motifs is 3. The van der Waals surface area contributed by atoms with Crippen molar-refractivity contribution in [2.45, 2.75) is 44.2 Å². The van der Waals surface area contributed by atoms with Gasteiger partial charge in [-0.1, -0.05) is 61.4 Å². The van der Waals surface area contributed by atoms with Gasteiger partial charge in [0.25, 0.3) is 0 Å². The van der Waals surface area contributed by atoms with E-state index in [-0.39, 0.29) is 19.2 Å². The van der Waals surface area contributed by atoms with Crippen LogP contribution >= 0.6 is 0 Å². The molecule has 0 saturated carbocycles. The lowest BCUT2D eigenvalue weighted by Gasteiger charge is -2.33. The van der Waals surface area contributed by atoms with E-state index in [0.29, 0.717) is 0 Å². The number of carbonyl (C=O) groups is 1. The Labute approximate surface area is 186 Å². The minimum atomic E-state index is -4.25. The van der Waals surface area contributed by atoms with Crippen LogP contribution in [0.25, 0.3) is 11.1 Å². The van der Waals surface area contributed by atoms with E-state index < -0.39 is 18.1 Å². The number of hydroxylamine groups is 1. The fraction of sp³-hybridized carbons (Fsp3) is 0.458. The van der Waals surface area contributed by atoms with Crippen molar-refractivity contribution in [3.8, 4) is 11.1 Å². The molecule has 0 bridgehead atoms. The van der Waals surface area contributed by atoms with Gasteiger partial charge >= 0.3 is 6.18 Å². The highest BCUT2D eigenvalue weighted by Crippen LogP contribution is 2.51.